The van der Waals surface area contributed by atoms with Crippen LogP contribution in [0.5, 0.6) is 0 Å². The number of hydrogen-bond donors (Lipinski definition) is 0. The minimum Gasteiger partial charge on any atom is -0.338 e. The average molecular weight is 357 g/mol. The molecule has 1 atom stereocenters. The number of amides is 2. The first kappa shape index (κ1) is 17.5. The van der Waals surface area contributed by atoms with Crippen LogP contribution in [0, 0.1) is 12.8 Å². The van der Waals surface area contributed by atoms with Gasteiger partial charge in [-0.3, -0.25) is 9.59 Å². The summed E-state index contributed by atoms with van der Waals surface area (Å²) in [7, 11) is 1.78. The second-order valence-electron chi connectivity index (χ2n) is 6.45. The lowest BCUT2D eigenvalue weighted by molar-refractivity contribution is -0.121. The molecule has 130 valence electrons. The number of para-hydroxylation sites is 1. The summed E-state index contributed by atoms with van der Waals surface area (Å²) in [5.41, 5.74) is 2.37. The van der Waals surface area contributed by atoms with Crippen LogP contribution in [0.4, 0.5) is 5.69 Å². The van der Waals surface area contributed by atoms with E-state index in [1.807, 2.05) is 43.3 Å². The number of likely N-dealkylation sites (tertiary alicyclic amines) is 1. The fourth-order valence-corrected chi connectivity index (χ4v) is 3.48. The van der Waals surface area contributed by atoms with E-state index in [-0.39, 0.29) is 17.7 Å². The summed E-state index contributed by atoms with van der Waals surface area (Å²) in [6.07, 6.45) is 0.672. The molecule has 3 rings (SSSR count). The molecule has 0 saturated carbocycles. The van der Waals surface area contributed by atoms with E-state index in [2.05, 4.69) is 0 Å². The van der Waals surface area contributed by atoms with Crippen molar-refractivity contribution in [1.29, 1.82) is 0 Å². The second-order valence-corrected chi connectivity index (χ2v) is 6.86. The summed E-state index contributed by atoms with van der Waals surface area (Å²) in [5, 5.41) is 0.459. The number of halogens is 1. The Hall–Kier alpha value is -2.33. The van der Waals surface area contributed by atoms with Crippen molar-refractivity contribution in [1.82, 2.24) is 4.90 Å². The van der Waals surface area contributed by atoms with Gasteiger partial charge in [-0.2, -0.15) is 0 Å². The van der Waals surface area contributed by atoms with E-state index in [0.717, 1.165) is 11.3 Å². The number of aryl methyl sites for hydroxylation is 1. The third kappa shape index (κ3) is 3.69. The Morgan fingerprint density at radius 1 is 1.16 bits per heavy atom. The van der Waals surface area contributed by atoms with Gasteiger partial charge >= 0.3 is 0 Å². The van der Waals surface area contributed by atoms with Crippen LogP contribution >= 0.6 is 11.6 Å². The van der Waals surface area contributed by atoms with E-state index in [9.17, 15) is 9.59 Å². The summed E-state index contributed by atoms with van der Waals surface area (Å²) in [6.45, 7) is 2.94. The molecule has 1 saturated heterocycles. The molecular formula is C20H21ClN2O2. The minimum atomic E-state index is -0.182. The fraction of sp³-hybridized carbons (Fsp3) is 0.300. The predicted molar refractivity (Wildman–Crippen MR) is 100 cm³/mol. The largest absolute Gasteiger partial charge is 0.338 e. The van der Waals surface area contributed by atoms with E-state index in [1.165, 1.54) is 0 Å². The quantitative estimate of drug-likeness (QED) is 0.839. The Kier molecular flexibility index (Phi) is 5.09. The lowest BCUT2D eigenvalue weighted by Crippen LogP contribution is -2.36. The Bertz CT molecular complexity index is 792. The van der Waals surface area contributed by atoms with E-state index in [0.29, 0.717) is 30.1 Å². The molecule has 4 nitrogen and oxygen atoms in total. The number of hydrogen-bond acceptors (Lipinski definition) is 2. The molecule has 0 radical (unpaired) electrons. The number of nitrogens with zero attached hydrogens (tertiary/aromatic N) is 2. The monoisotopic (exact) mass is 356 g/mol. The van der Waals surface area contributed by atoms with Gasteiger partial charge in [0.15, 0.2) is 0 Å². The Labute approximate surface area is 153 Å². The maximum atomic E-state index is 12.7. The molecule has 2 aromatic rings. The smallest absolute Gasteiger partial charge is 0.255 e. The maximum Gasteiger partial charge on any atom is 0.255 e. The topological polar surface area (TPSA) is 40.6 Å². The van der Waals surface area contributed by atoms with Crippen molar-refractivity contribution in [3.05, 3.63) is 64.7 Å². The number of carbonyl (C=O) groups excluding carboxylic acids is 2. The van der Waals surface area contributed by atoms with Crippen molar-refractivity contribution in [3.63, 3.8) is 0 Å². The lowest BCUT2D eigenvalue weighted by Gasteiger charge is -2.22. The molecule has 0 N–H and O–H groups in total. The molecular weight excluding hydrogens is 336 g/mol. The highest BCUT2D eigenvalue weighted by Crippen LogP contribution is 2.25. The third-order valence-corrected chi connectivity index (χ3v) is 4.97. The number of anilines is 1. The van der Waals surface area contributed by atoms with Gasteiger partial charge in [-0.25, -0.2) is 0 Å². The maximum absolute atomic E-state index is 12.7. The predicted octanol–water partition coefficient (Wildman–Crippen LogP) is 3.77. The molecule has 0 spiro atoms. The summed E-state index contributed by atoms with van der Waals surface area (Å²) in [5.74, 6) is -0.252. The van der Waals surface area contributed by atoms with Crippen molar-refractivity contribution in [2.24, 2.45) is 5.92 Å². The number of benzene rings is 2. The van der Waals surface area contributed by atoms with Crippen LogP contribution in [0.3, 0.4) is 0 Å². The van der Waals surface area contributed by atoms with Gasteiger partial charge in [0.05, 0.1) is 16.5 Å². The van der Waals surface area contributed by atoms with Crippen molar-refractivity contribution in [2.45, 2.75) is 13.3 Å². The lowest BCUT2D eigenvalue weighted by atomic mass is 10.1. The molecule has 0 aliphatic carbocycles. The average Bonchev–Trinajstić information content (AvgIpc) is 3.11. The zero-order valence-corrected chi connectivity index (χ0v) is 15.2. The van der Waals surface area contributed by atoms with Crippen LogP contribution in [-0.2, 0) is 4.79 Å². The van der Waals surface area contributed by atoms with Crippen LogP contribution in [-0.4, -0.2) is 36.9 Å². The van der Waals surface area contributed by atoms with Gasteiger partial charge in [-0.1, -0.05) is 35.9 Å². The van der Waals surface area contributed by atoms with E-state index >= 15 is 0 Å². The van der Waals surface area contributed by atoms with Crippen molar-refractivity contribution >= 4 is 29.1 Å². The minimum absolute atomic E-state index is 0.0384. The molecule has 1 aliphatic rings. The van der Waals surface area contributed by atoms with Crippen LogP contribution in [0.1, 0.15) is 22.3 Å². The molecule has 1 fully saturated rings. The van der Waals surface area contributed by atoms with Crippen molar-refractivity contribution in [2.75, 3.05) is 25.0 Å². The van der Waals surface area contributed by atoms with Gasteiger partial charge in [0, 0.05) is 25.8 Å². The van der Waals surface area contributed by atoms with E-state index in [1.54, 1.807) is 29.0 Å². The summed E-state index contributed by atoms with van der Waals surface area (Å²) in [4.78, 5) is 28.8. The van der Waals surface area contributed by atoms with Gasteiger partial charge in [0.25, 0.3) is 5.91 Å². The molecule has 25 heavy (non-hydrogen) atoms. The number of carbonyl (C=O) groups is 2. The summed E-state index contributed by atoms with van der Waals surface area (Å²) in [6, 6.07) is 15.0. The molecule has 0 bridgehead atoms. The zero-order chi connectivity index (χ0) is 18.0. The molecule has 1 heterocycles. The normalized spacial score (nSPS) is 16.8. The third-order valence-electron chi connectivity index (χ3n) is 4.65. The number of rotatable bonds is 3. The molecule has 0 aromatic heterocycles. The van der Waals surface area contributed by atoms with Crippen LogP contribution < -0.4 is 4.90 Å². The standard InChI is InChI=1S/C20H21ClN2O2/c1-14-8-9-17(18(21)12-14)20(25)23-11-10-15(13-23)19(24)22(2)16-6-4-3-5-7-16/h3-9,12,15H,10-11,13H2,1-2H3. The van der Waals surface area contributed by atoms with Gasteiger partial charge in [0.1, 0.15) is 0 Å². The van der Waals surface area contributed by atoms with Gasteiger partial charge in [-0.15, -0.1) is 0 Å². The van der Waals surface area contributed by atoms with Crippen molar-refractivity contribution < 1.29 is 9.59 Å². The van der Waals surface area contributed by atoms with Crippen LogP contribution in [0.25, 0.3) is 0 Å². The van der Waals surface area contributed by atoms with Gasteiger partial charge in [0.2, 0.25) is 5.91 Å². The van der Waals surface area contributed by atoms with E-state index < -0.39 is 0 Å². The van der Waals surface area contributed by atoms with Crippen LogP contribution in [0.15, 0.2) is 48.5 Å². The molecule has 2 amide bonds. The molecule has 5 heteroatoms. The first-order chi connectivity index (χ1) is 12.0. The van der Waals surface area contributed by atoms with Crippen molar-refractivity contribution in [3.8, 4) is 0 Å². The summed E-state index contributed by atoms with van der Waals surface area (Å²) < 4.78 is 0. The fourth-order valence-electron chi connectivity index (χ4n) is 3.16. The first-order valence-electron chi connectivity index (χ1n) is 8.35. The van der Waals surface area contributed by atoms with Gasteiger partial charge in [-0.05, 0) is 43.2 Å². The van der Waals surface area contributed by atoms with E-state index in [4.69, 9.17) is 11.6 Å². The Balaban J connectivity index is 1.69. The molecule has 1 unspecified atom stereocenters. The first-order valence-corrected chi connectivity index (χ1v) is 8.73. The highest BCUT2D eigenvalue weighted by Gasteiger charge is 2.33. The molecule has 1 aliphatic heterocycles. The second kappa shape index (κ2) is 7.28. The Morgan fingerprint density at radius 2 is 1.88 bits per heavy atom. The highest BCUT2D eigenvalue weighted by molar-refractivity contribution is 6.33. The van der Waals surface area contributed by atoms with Gasteiger partial charge < -0.3 is 9.80 Å². The highest BCUT2D eigenvalue weighted by atomic mass is 35.5. The molecule has 2 aromatic carbocycles. The SMILES string of the molecule is Cc1ccc(C(=O)N2CCC(C(=O)N(C)c3ccccc3)C2)c(Cl)c1. The summed E-state index contributed by atoms with van der Waals surface area (Å²) >= 11 is 6.21. The van der Waals surface area contributed by atoms with Crippen LogP contribution in [0.2, 0.25) is 5.02 Å². The zero-order valence-electron chi connectivity index (χ0n) is 14.4. The Morgan fingerprint density at radius 3 is 2.56 bits per heavy atom.